The molecule has 29 heavy (non-hydrogen) atoms. The number of carbonyl (C=O) groups excluding carboxylic acids is 1. The average molecular weight is 438 g/mol. The summed E-state index contributed by atoms with van der Waals surface area (Å²) in [7, 11) is -4.32. The van der Waals surface area contributed by atoms with Crippen LogP contribution in [0.1, 0.15) is 61.9 Å². The van der Waals surface area contributed by atoms with Gasteiger partial charge in [0, 0.05) is 0 Å². The predicted octanol–water partition coefficient (Wildman–Crippen LogP) is 4.49. The van der Waals surface area contributed by atoms with Gasteiger partial charge < -0.3 is 9.47 Å². The molecule has 0 bridgehead atoms. The molecule has 0 heterocycles. The van der Waals surface area contributed by atoms with E-state index in [2.05, 4.69) is 0 Å². The van der Waals surface area contributed by atoms with E-state index in [0.717, 1.165) is 50.3 Å². The second-order valence-electron chi connectivity index (χ2n) is 7.67. The summed E-state index contributed by atoms with van der Waals surface area (Å²) in [6.45, 7) is 2.85. The highest BCUT2D eigenvalue weighted by molar-refractivity contribution is 7.85. The molecule has 1 saturated carbocycles. The van der Waals surface area contributed by atoms with E-state index in [9.17, 15) is 26.4 Å². The fourth-order valence-electron chi connectivity index (χ4n) is 3.46. The molecule has 0 aliphatic heterocycles. The Bertz CT molecular complexity index is 827. The van der Waals surface area contributed by atoms with Crippen LogP contribution in [0, 0.1) is 5.92 Å². The number of rotatable bonds is 7. The summed E-state index contributed by atoms with van der Waals surface area (Å²) in [4.78, 5) is 12.1. The minimum absolute atomic E-state index is 0.0858. The molecule has 0 unspecified atom stereocenters. The van der Waals surface area contributed by atoms with Gasteiger partial charge in [0.15, 0.2) is 0 Å². The maximum atomic E-state index is 13.4. The standard InChI is InChI=1S/C19H25F3O6S/c1-18(2,14-6-4-3-5-7-14)28-16-12-13(8-9-15(16)19(20,21)22)17(23)27-10-11-29(24,25)26/h8-9,12,14H,3-7,10-11H2,1-2H3,(H,24,25,26). The van der Waals surface area contributed by atoms with Crippen molar-refractivity contribution in [3.63, 3.8) is 0 Å². The van der Waals surface area contributed by atoms with Crippen molar-refractivity contribution in [1.82, 2.24) is 0 Å². The molecule has 10 heteroatoms. The van der Waals surface area contributed by atoms with Gasteiger partial charge in [0.2, 0.25) is 0 Å². The van der Waals surface area contributed by atoms with Crippen LogP contribution in [0.2, 0.25) is 0 Å². The molecule has 1 aliphatic carbocycles. The van der Waals surface area contributed by atoms with Gasteiger partial charge in [0.25, 0.3) is 10.1 Å². The van der Waals surface area contributed by atoms with E-state index in [0.29, 0.717) is 0 Å². The zero-order chi connectivity index (χ0) is 21.9. The summed E-state index contributed by atoms with van der Waals surface area (Å²) in [6, 6.07) is 2.65. The average Bonchev–Trinajstić information content (AvgIpc) is 2.60. The summed E-state index contributed by atoms with van der Waals surface area (Å²) in [5, 5.41) is 0. The third kappa shape index (κ3) is 6.88. The van der Waals surface area contributed by atoms with Gasteiger partial charge in [-0.1, -0.05) is 19.3 Å². The first-order valence-corrected chi connectivity index (χ1v) is 10.9. The number of hydrogen-bond acceptors (Lipinski definition) is 5. The van der Waals surface area contributed by atoms with Crippen molar-refractivity contribution in [2.24, 2.45) is 5.92 Å². The Labute approximate surface area is 168 Å². The molecule has 6 nitrogen and oxygen atoms in total. The third-order valence-corrected chi connectivity index (χ3v) is 5.74. The predicted molar refractivity (Wildman–Crippen MR) is 99.4 cm³/mol. The van der Waals surface area contributed by atoms with E-state index >= 15 is 0 Å². The first kappa shape index (κ1) is 23.5. The highest BCUT2D eigenvalue weighted by Crippen LogP contribution is 2.41. The van der Waals surface area contributed by atoms with Gasteiger partial charge in [-0.2, -0.15) is 21.6 Å². The van der Waals surface area contributed by atoms with Crippen molar-refractivity contribution in [2.75, 3.05) is 12.4 Å². The van der Waals surface area contributed by atoms with Crippen LogP contribution < -0.4 is 4.74 Å². The highest BCUT2D eigenvalue weighted by Gasteiger charge is 2.39. The smallest absolute Gasteiger partial charge is 0.419 e. The van der Waals surface area contributed by atoms with E-state index in [1.807, 2.05) is 0 Å². The Kier molecular flexibility index (Phi) is 7.21. The quantitative estimate of drug-likeness (QED) is 0.498. The molecule has 0 radical (unpaired) electrons. The highest BCUT2D eigenvalue weighted by atomic mass is 32.2. The van der Waals surface area contributed by atoms with Crippen molar-refractivity contribution < 1.29 is 40.4 Å². The van der Waals surface area contributed by atoms with Crippen LogP contribution in [0.3, 0.4) is 0 Å². The number of esters is 1. The van der Waals surface area contributed by atoms with Crippen molar-refractivity contribution in [3.8, 4) is 5.75 Å². The van der Waals surface area contributed by atoms with E-state index in [4.69, 9.17) is 14.0 Å². The molecule has 1 aliphatic rings. The maximum absolute atomic E-state index is 13.4. The van der Waals surface area contributed by atoms with Gasteiger partial charge in [0.05, 0.1) is 11.1 Å². The summed E-state index contributed by atoms with van der Waals surface area (Å²) in [5.74, 6) is -2.21. The lowest BCUT2D eigenvalue weighted by atomic mass is 9.78. The molecule has 2 rings (SSSR count). The third-order valence-electron chi connectivity index (χ3n) is 5.06. The number of benzene rings is 1. The van der Waals surface area contributed by atoms with Crippen LogP contribution in [0.25, 0.3) is 0 Å². The normalized spacial score (nSPS) is 16.5. The zero-order valence-electron chi connectivity index (χ0n) is 16.3. The molecule has 0 atom stereocenters. The first-order chi connectivity index (χ1) is 13.3. The number of carbonyl (C=O) groups is 1. The summed E-state index contributed by atoms with van der Waals surface area (Å²) in [5.41, 5.74) is -2.08. The topological polar surface area (TPSA) is 89.9 Å². The molecule has 1 N–H and O–H groups in total. The molecule has 0 saturated heterocycles. The lowest BCUT2D eigenvalue weighted by Crippen LogP contribution is -2.39. The second-order valence-corrected chi connectivity index (χ2v) is 9.24. The van der Waals surface area contributed by atoms with Crippen LogP contribution in [0.15, 0.2) is 18.2 Å². The van der Waals surface area contributed by atoms with E-state index in [1.54, 1.807) is 13.8 Å². The lowest BCUT2D eigenvalue weighted by molar-refractivity contribution is -0.140. The van der Waals surface area contributed by atoms with Gasteiger partial charge in [-0.25, -0.2) is 4.79 Å². The van der Waals surface area contributed by atoms with E-state index in [-0.39, 0.29) is 11.5 Å². The fraction of sp³-hybridized carbons (Fsp3) is 0.632. The van der Waals surface area contributed by atoms with Crippen LogP contribution in [0.4, 0.5) is 13.2 Å². The second kappa shape index (κ2) is 8.91. The van der Waals surface area contributed by atoms with Crippen LogP contribution in [-0.2, 0) is 21.0 Å². The largest absolute Gasteiger partial charge is 0.487 e. The molecule has 1 fully saturated rings. The monoisotopic (exact) mass is 438 g/mol. The van der Waals surface area contributed by atoms with Crippen LogP contribution >= 0.6 is 0 Å². The minimum atomic E-state index is -4.68. The number of alkyl halides is 3. The zero-order valence-corrected chi connectivity index (χ0v) is 17.1. The molecular weight excluding hydrogens is 413 g/mol. The summed E-state index contributed by atoms with van der Waals surface area (Å²) >= 11 is 0. The molecule has 0 amide bonds. The van der Waals surface area contributed by atoms with Gasteiger partial charge in [-0.05, 0) is 50.8 Å². The number of ether oxygens (including phenoxy) is 2. The first-order valence-electron chi connectivity index (χ1n) is 9.32. The molecule has 1 aromatic carbocycles. The Balaban J connectivity index is 2.25. The van der Waals surface area contributed by atoms with Gasteiger partial charge >= 0.3 is 12.1 Å². The summed E-state index contributed by atoms with van der Waals surface area (Å²) < 4.78 is 80.9. The minimum Gasteiger partial charge on any atom is -0.487 e. The van der Waals surface area contributed by atoms with Crippen molar-refractivity contribution in [1.29, 1.82) is 0 Å². The van der Waals surface area contributed by atoms with Crippen molar-refractivity contribution in [3.05, 3.63) is 29.3 Å². The Morgan fingerprint density at radius 3 is 2.34 bits per heavy atom. The van der Waals surface area contributed by atoms with Crippen molar-refractivity contribution in [2.45, 2.75) is 57.7 Å². The Hall–Kier alpha value is -1.81. The van der Waals surface area contributed by atoms with Crippen molar-refractivity contribution >= 4 is 16.1 Å². The molecule has 0 spiro atoms. The molecule has 0 aromatic heterocycles. The fourth-order valence-corrected chi connectivity index (χ4v) is 3.75. The maximum Gasteiger partial charge on any atom is 0.419 e. The lowest BCUT2D eigenvalue weighted by Gasteiger charge is -2.38. The Morgan fingerprint density at radius 2 is 1.79 bits per heavy atom. The van der Waals surface area contributed by atoms with Gasteiger partial charge in [-0.15, -0.1) is 0 Å². The summed E-state index contributed by atoms with van der Waals surface area (Å²) in [6.07, 6.45) is 0.0987. The van der Waals surface area contributed by atoms with Crippen LogP contribution in [0.5, 0.6) is 5.75 Å². The van der Waals surface area contributed by atoms with E-state index in [1.165, 1.54) is 0 Å². The Morgan fingerprint density at radius 1 is 1.17 bits per heavy atom. The van der Waals surface area contributed by atoms with E-state index < -0.39 is 51.5 Å². The number of halogens is 3. The number of hydrogen-bond donors (Lipinski definition) is 1. The molecule has 1 aromatic rings. The van der Waals surface area contributed by atoms with Gasteiger partial charge in [0.1, 0.15) is 23.7 Å². The van der Waals surface area contributed by atoms with Gasteiger partial charge in [-0.3, -0.25) is 4.55 Å². The molecular formula is C19H25F3O6S. The molecule has 164 valence electrons. The van der Waals surface area contributed by atoms with Crippen LogP contribution in [-0.4, -0.2) is 36.9 Å². The SMILES string of the molecule is CC(C)(Oc1cc(C(=O)OCCS(=O)(=O)O)ccc1C(F)(F)F)C1CCCCC1.